The number of anilines is 2. The topological polar surface area (TPSA) is 66.4 Å². The molecule has 2 fully saturated rings. The van der Waals surface area contributed by atoms with Crippen LogP contribution in [0.5, 0.6) is 0 Å². The van der Waals surface area contributed by atoms with Crippen LogP contribution in [0.4, 0.5) is 11.8 Å². The molecule has 2 aliphatic heterocycles. The highest BCUT2D eigenvalue weighted by atomic mass is 35.5. The van der Waals surface area contributed by atoms with Gasteiger partial charge in [-0.15, -0.1) is 0 Å². The minimum Gasteiger partial charge on any atom is -0.378 e. The van der Waals surface area contributed by atoms with Crippen molar-refractivity contribution in [1.82, 2.24) is 19.9 Å². The van der Waals surface area contributed by atoms with E-state index in [1.807, 2.05) is 24.4 Å². The van der Waals surface area contributed by atoms with Crippen molar-refractivity contribution in [3.8, 4) is 0 Å². The van der Waals surface area contributed by atoms with Crippen molar-refractivity contribution < 1.29 is 4.74 Å². The van der Waals surface area contributed by atoms with Gasteiger partial charge in [-0.1, -0.05) is 17.7 Å². The number of halogens is 1. The number of hydrogen-bond donors (Lipinski definition) is 1. The third-order valence-electron chi connectivity index (χ3n) is 4.81. The Bertz CT molecular complexity index is 739. The highest BCUT2D eigenvalue weighted by Gasteiger charge is 2.24. The fourth-order valence-electron chi connectivity index (χ4n) is 3.44. The van der Waals surface area contributed by atoms with Gasteiger partial charge in [0.05, 0.1) is 13.2 Å². The summed E-state index contributed by atoms with van der Waals surface area (Å²) in [5.41, 5.74) is 1.07. The van der Waals surface area contributed by atoms with E-state index in [1.54, 1.807) is 6.20 Å². The van der Waals surface area contributed by atoms with E-state index < -0.39 is 0 Å². The van der Waals surface area contributed by atoms with Gasteiger partial charge in [0.25, 0.3) is 0 Å². The zero-order valence-corrected chi connectivity index (χ0v) is 15.4. The molecule has 4 heterocycles. The van der Waals surface area contributed by atoms with Crippen molar-refractivity contribution in [2.75, 3.05) is 49.6 Å². The van der Waals surface area contributed by atoms with Crippen molar-refractivity contribution in [1.29, 1.82) is 0 Å². The SMILES string of the molecule is Clc1ncccc1CN1CCC(Nc2nccc(N3CCOCC3)n2)C1. The van der Waals surface area contributed by atoms with Gasteiger partial charge >= 0.3 is 0 Å². The van der Waals surface area contributed by atoms with Crippen LogP contribution in [0.3, 0.4) is 0 Å². The van der Waals surface area contributed by atoms with Crippen molar-refractivity contribution in [3.05, 3.63) is 41.3 Å². The molecule has 26 heavy (non-hydrogen) atoms. The van der Waals surface area contributed by atoms with E-state index in [-0.39, 0.29) is 0 Å². The van der Waals surface area contributed by atoms with E-state index in [2.05, 4.69) is 30.1 Å². The lowest BCUT2D eigenvalue weighted by atomic mass is 10.2. The molecule has 2 aromatic heterocycles. The molecule has 0 aliphatic carbocycles. The molecule has 0 aromatic carbocycles. The van der Waals surface area contributed by atoms with E-state index >= 15 is 0 Å². The highest BCUT2D eigenvalue weighted by Crippen LogP contribution is 2.20. The summed E-state index contributed by atoms with van der Waals surface area (Å²) >= 11 is 6.17. The summed E-state index contributed by atoms with van der Waals surface area (Å²) in [4.78, 5) is 17.8. The zero-order chi connectivity index (χ0) is 17.8. The van der Waals surface area contributed by atoms with E-state index in [0.717, 1.165) is 63.7 Å². The van der Waals surface area contributed by atoms with Crippen LogP contribution in [-0.4, -0.2) is 65.3 Å². The molecule has 138 valence electrons. The normalized spacial score (nSPS) is 21.1. The zero-order valence-electron chi connectivity index (χ0n) is 14.6. The van der Waals surface area contributed by atoms with Gasteiger partial charge in [0, 0.05) is 56.7 Å². The van der Waals surface area contributed by atoms with Gasteiger partial charge in [0.1, 0.15) is 11.0 Å². The maximum atomic E-state index is 6.17. The maximum absolute atomic E-state index is 6.17. The number of nitrogens with zero attached hydrogens (tertiary/aromatic N) is 5. The Balaban J connectivity index is 1.34. The number of aromatic nitrogens is 3. The molecule has 7 nitrogen and oxygen atoms in total. The van der Waals surface area contributed by atoms with Gasteiger partial charge in [0.15, 0.2) is 0 Å². The number of likely N-dealkylation sites (tertiary alicyclic amines) is 1. The first-order chi connectivity index (χ1) is 12.8. The smallest absolute Gasteiger partial charge is 0.224 e. The second-order valence-corrected chi connectivity index (χ2v) is 7.01. The first kappa shape index (κ1) is 17.5. The third kappa shape index (κ3) is 4.23. The van der Waals surface area contributed by atoms with Crippen molar-refractivity contribution in [2.45, 2.75) is 19.0 Å². The standard InChI is InChI=1S/C18H23ClN6O/c19-17-14(2-1-5-20-17)12-24-7-4-15(13-24)22-18-21-6-3-16(23-18)25-8-10-26-11-9-25/h1-3,5-6,15H,4,7-13H2,(H,21,22,23). The van der Waals surface area contributed by atoms with E-state index in [0.29, 0.717) is 17.1 Å². The predicted molar refractivity (Wildman–Crippen MR) is 102 cm³/mol. The Labute approximate surface area is 158 Å². The van der Waals surface area contributed by atoms with Crippen molar-refractivity contribution >= 4 is 23.4 Å². The lowest BCUT2D eigenvalue weighted by Crippen LogP contribution is -2.37. The Morgan fingerprint density at radius 1 is 1.15 bits per heavy atom. The summed E-state index contributed by atoms with van der Waals surface area (Å²) in [6.07, 6.45) is 4.60. The van der Waals surface area contributed by atoms with Crippen LogP contribution >= 0.6 is 11.6 Å². The monoisotopic (exact) mass is 374 g/mol. The second-order valence-electron chi connectivity index (χ2n) is 6.66. The molecule has 0 bridgehead atoms. The molecule has 4 rings (SSSR count). The number of nitrogens with one attached hydrogen (secondary N) is 1. The summed E-state index contributed by atoms with van der Waals surface area (Å²) in [5.74, 6) is 1.66. The van der Waals surface area contributed by atoms with Crippen LogP contribution in [0, 0.1) is 0 Å². The molecule has 8 heteroatoms. The molecule has 1 atom stereocenters. The maximum Gasteiger partial charge on any atom is 0.224 e. The van der Waals surface area contributed by atoms with Crippen LogP contribution in [-0.2, 0) is 11.3 Å². The fraction of sp³-hybridized carbons (Fsp3) is 0.500. The van der Waals surface area contributed by atoms with Gasteiger partial charge in [-0.3, -0.25) is 4.90 Å². The summed E-state index contributed by atoms with van der Waals surface area (Å²) in [7, 11) is 0. The molecule has 2 aromatic rings. The fourth-order valence-corrected chi connectivity index (χ4v) is 3.62. The molecular weight excluding hydrogens is 352 g/mol. The Morgan fingerprint density at radius 3 is 2.88 bits per heavy atom. The van der Waals surface area contributed by atoms with Crippen LogP contribution in [0.15, 0.2) is 30.6 Å². The first-order valence-electron chi connectivity index (χ1n) is 9.02. The van der Waals surface area contributed by atoms with Gasteiger partial charge in [-0.2, -0.15) is 4.98 Å². The predicted octanol–water partition coefficient (Wildman–Crippen LogP) is 2.05. The largest absolute Gasteiger partial charge is 0.378 e. The van der Waals surface area contributed by atoms with E-state index in [9.17, 15) is 0 Å². The molecule has 0 amide bonds. The highest BCUT2D eigenvalue weighted by molar-refractivity contribution is 6.30. The number of rotatable bonds is 5. The molecule has 1 unspecified atom stereocenters. The van der Waals surface area contributed by atoms with Gasteiger partial charge < -0.3 is 15.0 Å². The average molecular weight is 375 g/mol. The lowest BCUT2D eigenvalue weighted by molar-refractivity contribution is 0.122. The van der Waals surface area contributed by atoms with Gasteiger partial charge in [-0.25, -0.2) is 9.97 Å². The Morgan fingerprint density at radius 2 is 2.04 bits per heavy atom. The van der Waals surface area contributed by atoms with Crippen LogP contribution in [0.25, 0.3) is 0 Å². The molecule has 0 radical (unpaired) electrons. The van der Waals surface area contributed by atoms with Crippen molar-refractivity contribution in [2.24, 2.45) is 0 Å². The van der Waals surface area contributed by atoms with E-state index in [4.69, 9.17) is 16.3 Å². The first-order valence-corrected chi connectivity index (χ1v) is 9.40. The summed E-state index contributed by atoms with van der Waals surface area (Å²) < 4.78 is 5.41. The molecule has 1 N–H and O–H groups in total. The van der Waals surface area contributed by atoms with Crippen LogP contribution in [0.2, 0.25) is 5.15 Å². The summed E-state index contributed by atoms with van der Waals surface area (Å²) in [6, 6.07) is 6.26. The van der Waals surface area contributed by atoms with Gasteiger partial charge in [0.2, 0.25) is 5.95 Å². The number of morpholine rings is 1. The second kappa shape index (κ2) is 8.16. The summed E-state index contributed by atoms with van der Waals surface area (Å²) in [5, 5.41) is 4.07. The number of ether oxygens (including phenoxy) is 1. The Hall–Kier alpha value is -1.96. The van der Waals surface area contributed by atoms with Crippen molar-refractivity contribution in [3.63, 3.8) is 0 Å². The molecule has 2 saturated heterocycles. The quantitative estimate of drug-likeness (QED) is 0.803. The molecule has 2 aliphatic rings. The lowest BCUT2D eigenvalue weighted by Gasteiger charge is -2.28. The molecule has 0 saturated carbocycles. The Kier molecular flexibility index (Phi) is 5.48. The van der Waals surface area contributed by atoms with Crippen LogP contribution < -0.4 is 10.2 Å². The molecule has 0 spiro atoms. The number of hydrogen-bond acceptors (Lipinski definition) is 7. The number of pyridine rings is 1. The van der Waals surface area contributed by atoms with E-state index in [1.165, 1.54) is 0 Å². The summed E-state index contributed by atoms with van der Waals surface area (Å²) in [6.45, 7) is 6.03. The molecular formula is C18H23ClN6O. The van der Waals surface area contributed by atoms with Crippen LogP contribution in [0.1, 0.15) is 12.0 Å². The minimum atomic E-state index is 0.338. The van der Waals surface area contributed by atoms with Gasteiger partial charge in [-0.05, 0) is 18.6 Å². The minimum absolute atomic E-state index is 0.338. The average Bonchev–Trinajstić information content (AvgIpc) is 3.11. The third-order valence-corrected chi connectivity index (χ3v) is 5.15.